The Morgan fingerprint density at radius 1 is 1.29 bits per heavy atom. The summed E-state index contributed by atoms with van der Waals surface area (Å²) in [6.45, 7) is 1.41. The second-order valence-corrected chi connectivity index (χ2v) is 3.47. The largest absolute Gasteiger partial charge is 0.326 e. The van der Waals surface area contributed by atoms with Gasteiger partial charge in [0.15, 0.2) is 0 Å². The Labute approximate surface area is 99.4 Å². The average Bonchev–Trinajstić information content (AvgIpc) is 2.26. The van der Waals surface area contributed by atoms with E-state index in [4.69, 9.17) is 5.26 Å². The van der Waals surface area contributed by atoms with E-state index in [0.29, 0.717) is 11.4 Å². The van der Waals surface area contributed by atoms with Crippen molar-refractivity contribution in [3.8, 4) is 6.07 Å². The van der Waals surface area contributed by atoms with Crippen LogP contribution in [0.15, 0.2) is 24.3 Å². The molecule has 0 unspecified atom stereocenters. The summed E-state index contributed by atoms with van der Waals surface area (Å²) in [5.41, 5.74) is 1.22. The normalized spacial score (nSPS) is 9.18. The standard InChI is InChI=1S/C12H13N3O2/c1-9(16)14-10-4-2-5-11(8-10)15-12(17)6-3-7-13/h2,4-5,8H,3,6H2,1H3,(H,14,16)(H,15,17). The van der Waals surface area contributed by atoms with E-state index in [9.17, 15) is 9.59 Å². The number of nitrogens with one attached hydrogen (secondary N) is 2. The molecule has 0 radical (unpaired) electrons. The molecule has 2 N–H and O–H groups in total. The van der Waals surface area contributed by atoms with Gasteiger partial charge >= 0.3 is 0 Å². The molecule has 0 atom stereocenters. The van der Waals surface area contributed by atoms with Crippen molar-refractivity contribution in [2.45, 2.75) is 19.8 Å². The number of carbonyl (C=O) groups excluding carboxylic acids is 2. The van der Waals surface area contributed by atoms with E-state index < -0.39 is 0 Å². The van der Waals surface area contributed by atoms with Crippen molar-refractivity contribution in [2.24, 2.45) is 0 Å². The van der Waals surface area contributed by atoms with Crippen LogP contribution in [0.25, 0.3) is 0 Å². The number of carbonyl (C=O) groups is 2. The number of amides is 2. The van der Waals surface area contributed by atoms with Crippen molar-refractivity contribution < 1.29 is 9.59 Å². The number of rotatable bonds is 4. The molecule has 0 fully saturated rings. The average molecular weight is 231 g/mol. The second kappa shape index (κ2) is 6.28. The van der Waals surface area contributed by atoms with Gasteiger partial charge in [-0.3, -0.25) is 9.59 Å². The van der Waals surface area contributed by atoms with Crippen LogP contribution < -0.4 is 10.6 Å². The van der Waals surface area contributed by atoms with Crippen molar-refractivity contribution in [2.75, 3.05) is 10.6 Å². The van der Waals surface area contributed by atoms with Gasteiger partial charge in [0.1, 0.15) is 0 Å². The summed E-state index contributed by atoms with van der Waals surface area (Å²) >= 11 is 0. The zero-order valence-electron chi connectivity index (χ0n) is 9.49. The van der Waals surface area contributed by atoms with E-state index in [1.54, 1.807) is 24.3 Å². The van der Waals surface area contributed by atoms with Gasteiger partial charge in [0.2, 0.25) is 11.8 Å². The number of hydrogen-bond donors (Lipinski definition) is 2. The maximum Gasteiger partial charge on any atom is 0.225 e. The van der Waals surface area contributed by atoms with Crippen LogP contribution >= 0.6 is 0 Å². The zero-order chi connectivity index (χ0) is 12.7. The number of nitriles is 1. The van der Waals surface area contributed by atoms with Gasteiger partial charge in [0, 0.05) is 31.1 Å². The van der Waals surface area contributed by atoms with Crippen LogP contribution in [0.1, 0.15) is 19.8 Å². The van der Waals surface area contributed by atoms with Gasteiger partial charge in [-0.15, -0.1) is 0 Å². The Morgan fingerprint density at radius 2 is 1.94 bits per heavy atom. The predicted molar refractivity (Wildman–Crippen MR) is 64.2 cm³/mol. The van der Waals surface area contributed by atoms with E-state index in [1.807, 2.05) is 6.07 Å². The Kier molecular flexibility index (Phi) is 4.70. The molecule has 0 bridgehead atoms. The number of nitrogens with zero attached hydrogens (tertiary/aromatic N) is 1. The molecule has 5 nitrogen and oxygen atoms in total. The number of benzene rings is 1. The zero-order valence-corrected chi connectivity index (χ0v) is 9.49. The Morgan fingerprint density at radius 3 is 2.53 bits per heavy atom. The van der Waals surface area contributed by atoms with E-state index in [2.05, 4.69) is 10.6 Å². The summed E-state index contributed by atoms with van der Waals surface area (Å²) in [7, 11) is 0. The Balaban J connectivity index is 2.62. The summed E-state index contributed by atoms with van der Waals surface area (Å²) in [5.74, 6) is -0.385. The molecule has 1 aromatic carbocycles. The summed E-state index contributed by atoms with van der Waals surface area (Å²) in [6.07, 6.45) is 0.359. The van der Waals surface area contributed by atoms with Gasteiger partial charge in [-0.2, -0.15) is 5.26 Å². The molecule has 0 aromatic heterocycles. The summed E-state index contributed by atoms with van der Waals surface area (Å²) in [6, 6.07) is 8.74. The molecule has 0 heterocycles. The molecular formula is C12H13N3O2. The van der Waals surface area contributed by atoms with Crippen molar-refractivity contribution in [1.29, 1.82) is 5.26 Å². The minimum Gasteiger partial charge on any atom is -0.326 e. The van der Waals surface area contributed by atoms with E-state index in [1.165, 1.54) is 6.92 Å². The Bertz CT molecular complexity index is 463. The molecular weight excluding hydrogens is 218 g/mol. The molecule has 0 aliphatic carbocycles. The molecule has 1 aromatic rings. The molecule has 0 saturated carbocycles. The van der Waals surface area contributed by atoms with Gasteiger partial charge in [0.05, 0.1) is 6.07 Å². The lowest BCUT2D eigenvalue weighted by Gasteiger charge is -2.06. The molecule has 2 amide bonds. The maximum absolute atomic E-state index is 11.4. The lowest BCUT2D eigenvalue weighted by molar-refractivity contribution is -0.116. The van der Waals surface area contributed by atoms with Gasteiger partial charge in [-0.25, -0.2) is 0 Å². The third kappa shape index (κ3) is 4.80. The van der Waals surface area contributed by atoms with Crippen LogP contribution in [0, 0.1) is 11.3 Å². The molecule has 88 valence electrons. The fraction of sp³-hybridized carbons (Fsp3) is 0.250. The Hall–Kier alpha value is -2.35. The van der Waals surface area contributed by atoms with Crippen molar-refractivity contribution in [1.82, 2.24) is 0 Å². The van der Waals surface area contributed by atoms with E-state index in [0.717, 1.165) is 0 Å². The van der Waals surface area contributed by atoms with Gasteiger partial charge in [-0.1, -0.05) is 6.07 Å². The minimum atomic E-state index is -0.216. The topological polar surface area (TPSA) is 82.0 Å². The summed E-state index contributed by atoms with van der Waals surface area (Å²) in [4.78, 5) is 22.2. The lowest BCUT2D eigenvalue weighted by atomic mass is 10.2. The highest BCUT2D eigenvalue weighted by Gasteiger charge is 2.02. The highest BCUT2D eigenvalue weighted by Crippen LogP contribution is 2.15. The first-order valence-electron chi connectivity index (χ1n) is 5.16. The summed E-state index contributed by atoms with van der Waals surface area (Å²) in [5, 5.41) is 13.6. The lowest BCUT2D eigenvalue weighted by Crippen LogP contribution is -2.11. The number of hydrogen-bond acceptors (Lipinski definition) is 3. The molecule has 1 rings (SSSR count). The van der Waals surface area contributed by atoms with Crippen LogP contribution in [0.4, 0.5) is 11.4 Å². The fourth-order valence-electron chi connectivity index (χ4n) is 1.27. The van der Waals surface area contributed by atoms with Crippen LogP contribution in [-0.2, 0) is 9.59 Å². The first-order chi connectivity index (χ1) is 8.11. The SMILES string of the molecule is CC(=O)Nc1cccc(NC(=O)CCC#N)c1. The number of anilines is 2. The predicted octanol–water partition coefficient (Wildman–Crippen LogP) is 1.89. The highest BCUT2D eigenvalue weighted by atomic mass is 16.2. The minimum absolute atomic E-state index is 0.168. The smallest absolute Gasteiger partial charge is 0.225 e. The van der Waals surface area contributed by atoms with Crippen molar-refractivity contribution >= 4 is 23.2 Å². The molecule has 0 aliphatic heterocycles. The van der Waals surface area contributed by atoms with E-state index in [-0.39, 0.29) is 24.7 Å². The quantitative estimate of drug-likeness (QED) is 0.830. The van der Waals surface area contributed by atoms with Gasteiger partial charge < -0.3 is 10.6 Å². The first kappa shape index (κ1) is 12.7. The second-order valence-electron chi connectivity index (χ2n) is 3.47. The third-order valence-corrected chi connectivity index (χ3v) is 1.93. The van der Waals surface area contributed by atoms with Crippen LogP contribution in [0.5, 0.6) is 0 Å². The highest BCUT2D eigenvalue weighted by molar-refractivity contribution is 5.93. The maximum atomic E-state index is 11.4. The molecule has 0 spiro atoms. The van der Waals surface area contributed by atoms with Crippen LogP contribution in [-0.4, -0.2) is 11.8 Å². The van der Waals surface area contributed by atoms with Gasteiger partial charge in [-0.05, 0) is 18.2 Å². The molecule has 5 heteroatoms. The molecule has 17 heavy (non-hydrogen) atoms. The molecule has 0 saturated heterocycles. The van der Waals surface area contributed by atoms with Crippen molar-refractivity contribution in [3.05, 3.63) is 24.3 Å². The molecule has 0 aliphatic rings. The van der Waals surface area contributed by atoms with Gasteiger partial charge in [0.25, 0.3) is 0 Å². The third-order valence-electron chi connectivity index (χ3n) is 1.93. The fourth-order valence-corrected chi connectivity index (χ4v) is 1.27. The monoisotopic (exact) mass is 231 g/mol. The van der Waals surface area contributed by atoms with Crippen LogP contribution in [0.2, 0.25) is 0 Å². The van der Waals surface area contributed by atoms with Crippen LogP contribution in [0.3, 0.4) is 0 Å². The summed E-state index contributed by atoms with van der Waals surface area (Å²) < 4.78 is 0. The van der Waals surface area contributed by atoms with E-state index >= 15 is 0 Å². The van der Waals surface area contributed by atoms with Crippen molar-refractivity contribution in [3.63, 3.8) is 0 Å². The first-order valence-corrected chi connectivity index (χ1v) is 5.16.